The minimum atomic E-state index is -0.142. The minimum Gasteiger partial charge on any atom is -0.310 e. The highest BCUT2D eigenvalue weighted by atomic mass is 15.2. The molecule has 618 valence electrons. The summed E-state index contributed by atoms with van der Waals surface area (Å²) < 4.78 is 0. The highest BCUT2D eigenvalue weighted by molar-refractivity contribution is 6.10. The van der Waals surface area contributed by atoms with Gasteiger partial charge in [-0.25, -0.2) is 0 Å². The molecule has 0 amide bonds. The third-order valence-electron chi connectivity index (χ3n) is 28.2. The lowest BCUT2D eigenvalue weighted by molar-refractivity contribution is 0.513. The number of rotatable bonds is 22. The van der Waals surface area contributed by atoms with Gasteiger partial charge in [0.05, 0.1) is 0 Å². The summed E-state index contributed by atoms with van der Waals surface area (Å²) >= 11 is 0. The molecule has 21 rings (SSSR count). The molecule has 4 nitrogen and oxygen atoms in total. The predicted molar refractivity (Wildman–Crippen MR) is 541 cm³/mol. The molecule has 0 saturated carbocycles. The van der Waals surface area contributed by atoms with Crippen LogP contribution >= 0.6 is 0 Å². The van der Waals surface area contributed by atoms with Crippen molar-refractivity contribution in [2.24, 2.45) is 0 Å². The molecule has 0 heterocycles. The maximum absolute atomic E-state index is 2.48. The van der Waals surface area contributed by atoms with Gasteiger partial charge in [0, 0.05) is 84.5 Å². The number of fused-ring (bicyclic) bond motifs is 5. The Kier molecular flexibility index (Phi) is 19.7. The summed E-state index contributed by atoms with van der Waals surface area (Å²) in [5.41, 5.74) is 43.0. The van der Waals surface area contributed by atoms with Gasteiger partial charge in [-0.15, -0.1) is 0 Å². The van der Waals surface area contributed by atoms with Gasteiger partial charge >= 0.3 is 0 Å². The lowest BCUT2D eigenvalue weighted by Gasteiger charge is -2.27. The van der Waals surface area contributed by atoms with E-state index in [4.69, 9.17) is 0 Å². The SMILES string of the molecule is CCCc1cccc(N(c2ccc(-c3ccc4c(c3)C4(C)C3(C)c4ccc(N(c5ccccc5)c5ccc(-c6ccc(N(c7ccccc7)c7ccc8c(c7)C8(C)C)cc6)cc5)cc43)cc2)c2cccc(-c3ccc4ccc(C)c(-c5c(C)ccc6ccc(-c7cccc(N(c8ccc(-c9ccc(C(C)(C)C)cc9)cc8)c8cccc(C(C)C)c8)c7)cc56)c4c3)c2)c1. The number of hydrogen-bond acceptors (Lipinski definition) is 4. The molecule has 2 unspecified atom stereocenters. The number of hydrogen-bond donors (Lipinski definition) is 0. The Morgan fingerprint density at radius 3 is 1.03 bits per heavy atom. The fourth-order valence-electron chi connectivity index (χ4n) is 20.5. The van der Waals surface area contributed by atoms with Crippen molar-refractivity contribution in [1.82, 2.24) is 0 Å². The molecule has 0 aromatic heterocycles. The molecule has 0 radical (unpaired) electrons. The Hall–Kier alpha value is -14.3. The average molecular weight is 1640 g/mol. The van der Waals surface area contributed by atoms with Crippen LogP contribution in [-0.4, -0.2) is 0 Å². The van der Waals surface area contributed by atoms with Crippen LogP contribution in [0.3, 0.4) is 0 Å². The largest absolute Gasteiger partial charge is 0.310 e. The third kappa shape index (κ3) is 14.3. The third-order valence-corrected chi connectivity index (χ3v) is 28.2. The van der Waals surface area contributed by atoms with Gasteiger partial charge in [0.1, 0.15) is 0 Å². The number of para-hydroxylation sites is 2. The quantitative estimate of drug-likeness (QED) is 0.0670. The topological polar surface area (TPSA) is 13.0 Å². The molecule has 0 saturated heterocycles. The second-order valence-corrected chi connectivity index (χ2v) is 37.8. The van der Waals surface area contributed by atoms with Gasteiger partial charge in [-0.3, -0.25) is 0 Å². The smallest absolute Gasteiger partial charge is 0.0467 e. The van der Waals surface area contributed by atoms with E-state index in [-0.39, 0.29) is 21.7 Å². The van der Waals surface area contributed by atoms with Gasteiger partial charge < -0.3 is 19.6 Å². The van der Waals surface area contributed by atoms with Gasteiger partial charge in [0.15, 0.2) is 0 Å². The molecule has 0 spiro atoms. The lowest BCUT2D eigenvalue weighted by atomic mass is 9.81. The van der Waals surface area contributed by atoms with Crippen LogP contribution < -0.4 is 19.6 Å². The van der Waals surface area contributed by atoms with E-state index >= 15 is 0 Å². The summed E-state index contributed by atoms with van der Waals surface area (Å²) in [6, 6.07) is 149. The zero-order valence-corrected chi connectivity index (χ0v) is 74.8. The number of aryl methyl sites for hydroxylation is 3. The normalized spacial score (nSPS) is 15.0. The fraction of sp³-hybridized carbons (Fsp3) is 0.154. The Morgan fingerprint density at radius 2 is 0.583 bits per heavy atom. The summed E-state index contributed by atoms with van der Waals surface area (Å²) in [6.07, 6.45) is 2.08. The van der Waals surface area contributed by atoms with Crippen LogP contribution in [0.4, 0.5) is 68.2 Å². The maximum Gasteiger partial charge on any atom is 0.0467 e. The second kappa shape index (κ2) is 31.4. The van der Waals surface area contributed by atoms with Gasteiger partial charge in [-0.05, 0) is 345 Å². The highest BCUT2D eigenvalue weighted by Crippen LogP contribution is 2.72. The van der Waals surface area contributed by atoms with Gasteiger partial charge in [0.25, 0.3) is 0 Å². The van der Waals surface area contributed by atoms with Crippen molar-refractivity contribution in [3.8, 4) is 66.8 Å². The lowest BCUT2D eigenvalue weighted by Crippen LogP contribution is -2.22. The molecule has 127 heavy (non-hydrogen) atoms. The minimum absolute atomic E-state index is 0.0931. The molecule has 18 aromatic carbocycles. The van der Waals surface area contributed by atoms with Crippen molar-refractivity contribution < 1.29 is 0 Å². The molecule has 0 N–H and O–H groups in total. The predicted octanol–water partition coefficient (Wildman–Crippen LogP) is 34.4. The average Bonchev–Trinajstić information content (AvgIpc) is 1.46. The standard InChI is InChI=1S/C123H106N4/c1-13-24-83-25-20-33-104(71-83)126(102-64-53-88(54-65-102)96-55-68-113-116(77-96)122(113,11)123(12)114-70-67-109(79-117(114)123)125(99-31-18-15-19-32-99)101-60-49-87(50-61-101)86-47-58-100(59-48-86)124(98-29-16-14-17-30-98)108-66-69-112-115(78-108)121(112,9)10)106-35-22-27-92(73-106)94-43-41-89-39-37-81(4)118(110(89)75-94)119-82(5)38-40-90-42-44-95(76-111(90)119)93-28-23-36-107(74-93)127(105-34-21-26-91(72-105)80(2)3)103-62-51-85(52-63-103)84-45-56-97(57-46-84)120(6,7)8/h14-23,25-80H,13,24H2,1-12H3. The van der Waals surface area contributed by atoms with Crippen LogP contribution in [0.5, 0.6) is 0 Å². The van der Waals surface area contributed by atoms with E-state index < -0.39 is 0 Å². The van der Waals surface area contributed by atoms with Crippen LogP contribution in [0.25, 0.3) is 88.3 Å². The van der Waals surface area contributed by atoms with Gasteiger partial charge in [-0.1, -0.05) is 306 Å². The van der Waals surface area contributed by atoms with Crippen LogP contribution in [-0.2, 0) is 28.1 Å². The molecule has 0 fully saturated rings. The van der Waals surface area contributed by atoms with Crippen LogP contribution in [0.15, 0.2) is 394 Å². The van der Waals surface area contributed by atoms with Crippen molar-refractivity contribution in [1.29, 1.82) is 0 Å². The Bertz CT molecular complexity index is 7280. The summed E-state index contributed by atoms with van der Waals surface area (Å²) in [4.78, 5) is 9.66. The molecule has 0 aliphatic heterocycles. The van der Waals surface area contributed by atoms with E-state index in [1.54, 1.807) is 0 Å². The maximum atomic E-state index is 2.48. The molecular weight excluding hydrogens is 1530 g/mol. The van der Waals surface area contributed by atoms with E-state index in [0.29, 0.717) is 5.92 Å². The molecular formula is C123H106N4. The Morgan fingerprint density at radius 1 is 0.260 bits per heavy atom. The Labute approximate surface area is 750 Å². The first-order chi connectivity index (χ1) is 61.7. The van der Waals surface area contributed by atoms with Crippen LogP contribution in [0.1, 0.15) is 143 Å². The number of nitrogens with zero attached hydrogens (tertiary/aromatic N) is 4. The molecule has 18 aromatic rings. The summed E-state index contributed by atoms with van der Waals surface area (Å²) in [5.74, 6) is 0.382. The zero-order chi connectivity index (χ0) is 86.8. The van der Waals surface area contributed by atoms with E-state index in [9.17, 15) is 0 Å². The first-order valence-electron chi connectivity index (χ1n) is 45.4. The molecule has 4 heteroatoms. The summed E-state index contributed by atoms with van der Waals surface area (Å²) in [7, 11) is 0. The second-order valence-electron chi connectivity index (χ2n) is 37.8. The summed E-state index contributed by atoms with van der Waals surface area (Å²) in [5, 5.41) is 4.91. The van der Waals surface area contributed by atoms with Gasteiger partial charge in [0.2, 0.25) is 0 Å². The number of anilines is 12. The number of benzene rings is 18. The summed E-state index contributed by atoms with van der Waals surface area (Å²) in [6.45, 7) is 27.8. The van der Waals surface area contributed by atoms with Crippen molar-refractivity contribution in [2.45, 2.75) is 124 Å². The van der Waals surface area contributed by atoms with Crippen LogP contribution in [0, 0.1) is 13.8 Å². The van der Waals surface area contributed by atoms with Crippen LogP contribution in [0.2, 0.25) is 0 Å². The van der Waals surface area contributed by atoms with Crippen molar-refractivity contribution in [3.05, 3.63) is 456 Å². The monoisotopic (exact) mass is 1640 g/mol. The van der Waals surface area contributed by atoms with Crippen molar-refractivity contribution >= 4 is 89.8 Å². The van der Waals surface area contributed by atoms with Crippen molar-refractivity contribution in [3.63, 3.8) is 0 Å². The van der Waals surface area contributed by atoms with E-state index in [2.05, 4.69) is 497 Å². The van der Waals surface area contributed by atoms with Crippen molar-refractivity contribution in [2.75, 3.05) is 19.6 Å². The van der Waals surface area contributed by atoms with Gasteiger partial charge in [-0.2, -0.15) is 0 Å². The molecule has 3 aliphatic carbocycles. The molecule has 0 bridgehead atoms. The molecule has 3 aliphatic rings. The Balaban J connectivity index is 0.555. The van der Waals surface area contributed by atoms with E-state index in [1.807, 2.05) is 0 Å². The van der Waals surface area contributed by atoms with E-state index in [1.165, 1.54) is 144 Å². The first kappa shape index (κ1) is 79.8. The van der Waals surface area contributed by atoms with E-state index in [0.717, 1.165) is 86.5 Å². The first-order valence-corrected chi connectivity index (χ1v) is 45.4. The zero-order valence-electron chi connectivity index (χ0n) is 74.8. The molecule has 2 atom stereocenters. The fourth-order valence-corrected chi connectivity index (χ4v) is 20.5. The highest BCUT2D eigenvalue weighted by Gasteiger charge is 2.67.